The summed E-state index contributed by atoms with van der Waals surface area (Å²) in [6.07, 6.45) is 7.79. The molecule has 0 spiro atoms. The molecule has 0 saturated heterocycles. The van der Waals surface area contributed by atoms with Crippen molar-refractivity contribution < 1.29 is 0 Å². The molecule has 4 aromatic rings. The summed E-state index contributed by atoms with van der Waals surface area (Å²) in [7, 11) is 1.81. The Morgan fingerprint density at radius 3 is 3.07 bits per heavy atom. The van der Waals surface area contributed by atoms with Gasteiger partial charge in [0.2, 0.25) is 5.95 Å². The van der Waals surface area contributed by atoms with Gasteiger partial charge in [-0.3, -0.25) is 4.68 Å². The number of aromatic nitrogens is 6. The Labute approximate surface area is 155 Å². The highest BCUT2D eigenvalue weighted by atomic mass is 15.4. The van der Waals surface area contributed by atoms with Crippen LogP contribution >= 0.6 is 0 Å². The smallest absolute Gasteiger partial charge is 0.232 e. The number of fused-ring (bicyclic) bond motifs is 2. The van der Waals surface area contributed by atoms with Crippen LogP contribution in [0.4, 0.5) is 17.6 Å². The minimum atomic E-state index is 0.321. The Hall–Kier alpha value is -3.55. The Bertz CT molecular complexity index is 1140. The fraction of sp³-hybridized carbons (Fsp3) is 0.211. The van der Waals surface area contributed by atoms with Gasteiger partial charge in [0, 0.05) is 25.4 Å². The van der Waals surface area contributed by atoms with E-state index in [-0.39, 0.29) is 0 Å². The lowest BCUT2D eigenvalue weighted by molar-refractivity contribution is 0.715. The summed E-state index contributed by atoms with van der Waals surface area (Å²) in [6.45, 7) is 0. The van der Waals surface area contributed by atoms with Crippen LogP contribution in [0.25, 0.3) is 11.0 Å². The van der Waals surface area contributed by atoms with E-state index in [4.69, 9.17) is 4.99 Å². The van der Waals surface area contributed by atoms with Gasteiger partial charge in [-0.15, -0.1) is 5.10 Å². The molecule has 3 aromatic heterocycles. The topological polar surface area (TPSA) is 96.7 Å². The normalized spacial score (nSPS) is 16.3. The fourth-order valence-corrected chi connectivity index (χ4v) is 3.50. The maximum atomic E-state index is 4.72. The first kappa shape index (κ1) is 15.7. The maximum Gasteiger partial charge on any atom is 0.232 e. The lowest BCUT2D eigenvalue weighted by Crippen LogP contribution is -1.99. The van der Waals surface area contributed by atoms with Crippen LogP contribution in [0.2, 0.25) is 0 Å². The number of anilines is 2. The molecule has 0 amide bonds. The molecule has 0 radical (unpaired) electrons. The number of aliphatic imine (C=N–C) groups is 1. The van der Waals surface area contributed by atoms with Crippen molar-refractivity contribution in [1.29, 1.82) is 0 Å². The van der Waals surface area contributed by atoms with Crippen molar-refractivity contribution in [1.82, 2.24) is 29.9 Å². The fourth-order valence-electron chi connectivity index (χ4n) is 3.50. The molecule has 8 nitrogen and oxygen atoms in total. The van der Waals surface area contributed by atoms with Gasteiger partial charge in [0.25, 0.3) is 0 Å². The SMILES string of the molecule is Cn1cc(Nc2nc(/N=C/C3CCc4ccccc43)c3cc[nH]c3n2)nn1. The highest BCUT2D eigenvalue weighted by Crippen LogP contribution is 2.32. The van der Waals surface area contributed by atoms with Gasteiger partial charge in [0.15, 0.2) is 11.6 Å². The first-order chi connectivity index (χ1) is 13.3. The third-order valence-corrected chi connectivity index (χ3v) is 4.79. The molecular formula is C19H18N8. The van der Waals surface area contributed by atoms with Crippen LogP contribution < -0.4 is 5.32 Å². The predicted molar refractivity (Wildman–Crippen MR) is 104 cm³/mol. The number of aryl methyl sites for hydroxylation is 2. The van der Waals surface area contributed by atoms with Gasteiger partial charge < -0.3 is 10.3 Å². The second kappa shape index (κ2) is 6.31. The van der Waals surface area contributed by atoms with Gasteiger partial charge >= 0.3 is 0 Å². The van der Waals surface area contributed by atoms with Crippen molar-refractivity contribution in [2.24, 2.45) is 12.0 Å². The average Bonchev–Trinajstić information content (AvgIpc) is 3.40. The molecule has 0 saturated carbocycles. The van der Waals surface area contributed by atoms with Crippen LogP contribution in [0, 0.1) is 0 Å². The van der Waals surface area contributed by atoms with Crippen molar-refractivity contribution in [3.8, 4) is 0 Å². The molecule has 1 unspecified atom stereocenters. The molecule has 0 bridgehead atoms. The highest BCUT2D eigenvalue weighted by molar-refractivity contribution is 5.89. The predicted octanol–water partition coefficient (Wildman–Crippen LogP) is 3.26. The summed E-state index contributed by atoms with van der Waals surface area (Å²) < 4.78 is 1.62. The Morgan fingerprint density at radius 1 is 1.26 bits per heavy atom. The van der Waals surface area contributed by atoms with E-state index in [1.165, 1.54) is 11.1 Å². The third kappa shape index (κ3) is 2.95. The van der Waals surface area contributed by atoms with E-state index in [2.05, 4.69) is 54.8 Å². The molecule has 0 fully saturated rings. The molecule has 27 heavy (non-hydrogen) atoms. The van der Waals surface area contributed by atoms with Gasteiger partial charge in [-0.2, -0.15) is 9.97 Å². The van der Waals surface area contributed by atoms with Crippen LogP contribution in [-0.4, -0.2) is 36.2 Å². The van der Waals surface area contributed by atoms with E-state index >= 15 is 0 Å². The first-order valence-electron chi connectivity index (χ1n) is 8.87. The number of nitrogens with one attached hydrogen (secondary N) is 2. The molecule has 8 heteroatoms. The zero-order valence-corrected chi connectivity index (χ0v) is 14.8. The first-order valence-corrected chi connectivity index (χ1v) is 8.87. The minimum absolute atomic E-state index is 0.321. The Morgan fingerprint density at radius 2 is 2.19 bits per heavy atom. The average molecular weight is 358 g/mol. The van der Waals surface area contributed by atoms with E-state index in [0.29, 0.717) is 23.5 Å². The molecule has 2 N–H and O–H groups in total. The third-order valence-electron chi connectivity index (χ3n) is 4.79. The van der Waals surface area contributed by atoms with Crippen LogP contribution in [0.3, 0.4) is 0 Å². The van der Waals surface area contributed by atoms with E-state index in [1.807, 2.05) is 25.5 Å². The molecule has 1 aliphatic rings. The summed E-state index contributed by atoms with van der Waals surface area (Å²) in [5, 5.41) is 11.9. The Balaban J connectivity index is 1.48. The number of hydrogen-bond donors (Lipinski definition) is 2. The molecule has 134 valence electrons. The van der Waals surface area contributed by atoms with Crippen molar-refractivity contribution in [3.05, 3.63) is 53.9 Å². The van der Waals surface area contributed by atoms with Crippen LogP contribution in [-0.2, 0) is 13.5 Å². The minimum Gasteiger partial charge on any atom is -0.346 e. The number of benzene rings is 1. The standard InChI is InChI=1S/C19H18N8/c1-27-11-16(25-26-27)22-19-23-17-15(8-9-20-17)18(24-19)21-10-13-7-6-12-4-2-3-5-14(12)13/h2-5,8-11,13H,6-7H2,1H3,(H2,20,22,23,24)/b21-10+. The van der Waals surface area contributed by atoms with Gasteiger partial charge in [0.1, 0.15) is 5.65 Å². The number of rotatable bonds is 4. The van der Waals surface area contributed by atoms with Gasteiger partial charge in [-0.05, 0) is 30.0 Å². The number of H-pyrrole nitrogens is 1. The monoisotopic (exact) mass is 358 g/mol. The number of nitrogens with zero attached hydrogens (tertiary/aromatic N) is 6. The molecule has 1 aromatic carbocycles. The van der Waals surface area contributed by atoms with Crippen molar-refractivity contribution in [2.75, 3.05) is 5.32 Å². The lowest BCUT2D eigenvalue weighted by atomic mass is 10.0. The summed E-state index contributed by atoms with van der Waals surface area (Å²) in [5.74, 6) is 1.98. The molecule has 1 aliphatic carbocycles. The van der Waals surface area contributed by atoms with Crippen LogP contribution in [0.1, 0.15) is 23.5 Å². The van der Waals surface area contributed by atoms with Crippen molar-refractivity contribution >= 4 is 34.8 Å². The number of aromatic amines is 1. The maximum absolute atomic E-state index is 4.72. The molecule has 1 atom stereocenters. The lowest BCUT2D eigenvalue weighted by Gasteiger charge is -2.06. The second-order valence-corrected chi connectivity index (χ2v) is 6.64. The summed E-state index contributed by atoms with van der Waals surface area (Å²) in [5.41, 5.74) is 3.50. The van der Waals surface area contributed by atoms with Crippen molar-refractivity contribution in [2.45, 2.75) is 18.8 Å². The van der Waals surface area contributed by atoms with Gasteiger partial charge in [0.05, 0.1) is 11.6 Å². The van der Waals surface area contributed by atoms with Crippen molar-refractivity contribution in [3.63, 3.8) is 0 Å². The van der Waals surface area contributed by atoms with E-state index in [9.17, 15) is 0 Å². The molecule has 0 aliphatic heterocycles. The van der Waals surface area contributed by atoms with Crippen LogP contribution in [0.5, 0.6) is 0 Å². The van der Waals surface area contributed by atoms with Gasteiger partial charge in [-0.1, -0.05) is 29.5 Å². The molecule has 5 rings (SSSR count). The quantitative estimate of drug-likeness (QED) is 0.546. The molecular weight excluding hydrogens is 340 g/mol. The summed E-state index contributed by atoms with van der Waals surface area (Å²) in [4.78, 5) is 16.9. The van der Waals surface area contributed by atoms with E-state index in [0.717, 1.165) is 23.9 Å². The zero-order chi connectivity index (χ0) is 18.2. The van der Waals surface area contributed by atoms with E-state index in [1.54, 1.807) is 10.9 Å². The number of hydrogen-bond acceptors (Lipinski definition) is 6. The zero-order valence-electron chi connectivity index (χ0n) is 14.8. The summed E-state index contributed by atoms with van der Waals surface area (Å²) >= 11 is 0. The van der Waals surface area contributed by atoms with E-state index < -0.39 is 0 Å². The molecule has 3 heterocycles. The summed E-state index contributed by atoms with van der Waals surface area (Å²) in [6, 6.07) is 10.5. The van der Waals surface area contributed by atoms with Crippen LogP contribution in [0.15, 0.2) is 47.7 Å². The van der Waals surface area contributed by atoms with Gasteiger partial charge in [-0.25, -0.2) is 4.99 Å². The second-order valence-electron chi connectivity index (χ2n) is 6.64. The largest absolute Gasteiger partial charge is 0.346 e. The highest BCUT2D eigenvalue weighted by Gasteiger charge is 2.20. The Kier molecular flexibility index (Phi) is 3.67.